The molecule has 0 radical (unpaired) electrons. The fraction of sp³-hybridized carbons (Fsp3) is 0.0714. The average Bonchev–Trinajstić information content (AvgIpc) is 2.45. The second-order valence-corrected chi connectivity index (χ2v) is 4.59. The molecule has 0 amide bonds. The molecule has 0 atom stereocenters. The summed E-state index contributed by atoms with van der Waals surface area (Å²) in [5.41, 5.74) is 0.336. The molecule has 0 saturated carbocycles. The number of rotatable bonds is 3. The van der Waals surface area contributed by atoms with Gasteiger partial charge in [0.05, 0.1) is 17.1 Å². The van der Waals surface area contributed by atoms with Gasteiger partial charge in [-0.05, 0) is 24.3 Å². The topological polar surface area (TPSA) is 67.9 Å². The molecule has 2 aromatic heterocycles. The Labute approximate surface area is 119 Å². The first-order valence-corrected chi connectivity index (χ1v) is 6.31. The van der Waals surface area contributed by atoms with Gasteiger partial charge in [-0.2, -0.15) is 0 Å². The lowest BCUT2D eigenvalue weighted by Gasteiger charge is -2.06. The quantitative estimate of drug-likeness (QED) is 0.804. The fourth-order valence-corrected chi connectivity index (χ4v) is 2.00. The van der Waals surface area contributed by atoms with E-state index in [9.17, 15) is 4.79 Å². The highest BCUT2D eigenvalue weighted by Gasteiger charge is 2.04. The van der Waals surface area contributed by atoms with Crippen molar-refractivity contribution in [3.8, 4) is 5.75 Å². The van der Waals surface area contributed by atoms with Crippen LogP contribution in [0, 0.1) is 0 Å². The van der Waals surface area contributed by atoms with Crippen molar-refractivity contribution in [3.63, 3.8) is 0 Å². The van der Waals surface area contributed by atoms with Crippen molar-refractivity contribution in [1.29, 1.82) is 0 Å². The van der Waals surface area contributed by atoms with E-state index < -0.39 is 0 Å². The minimum Gasteiger partial charge on any atom is -0.486 e. The van der Waals surface area contributed by atoms with Crippen LogP contribution in [-0.2, 0) is 6.61 Å². The highest BCUT2D eigenvalue weighted by atomic mass is 35.5. The molecule has 5 nitrogen and oxygen atoms in total. The Morgan fingerprint density at radius 3 is 3.05 bits per heavy atom. The maximum atomic E-state index is 11.9. The maximum Gasteiger partial charge on any atom is 0.258 e. The van der Waals surface area contributed by atoms with Crippen molar-refractivity contribution in [2.75, 3.05) is 0 Å². The minimum absolute atomic E-state index is 0.153. The molecule has 0 aliphatic heterocycles. The number of H-pyrrole nitrogens is 1. The van der Waals surface area contributed by atoms with Gasteiger partial charge in [0.2, 0.25) is 0 Å². The predicted octanol–water partition coefficient (Wildman–Crippen LogP) is 2.55. The van der Waals surface area contributed by atoms with Gasteiger partial charge in [0, 0.05) is 11.2 Å². The third kappa shape index (κ3) is 2.62. The number of hydrogen-bond donors (Lipinski definition) is 1. The zero-order chi connectivity index (χ0) is 13.9. The van der Waals surface area contributed by atoms with E-state index in [1.165, 1.54) is 0 Å². The second-order valence-electron chi connectivity index (χ2n) is 4.15. The molecule has 1 N–H and O–H groups in total. The van der Waals surface area contributed by atoms with Gasteiger partial charge in [-0.15, -0.1) is 0 Å². The first-order valence-electron chi connectivity index (χ1n) is 5.94. The van der Waals surface area contributed by atoms with Crippen molar-refractivity contribution in [1.82, 2.24) is 15.0 Å². The number of pyridine rings is 1. The molecule has 2 heterocycles. The molecule has 20 heavy (non-hydrogen) atoms. The van der Waals surface area contributed by atoms with Gasteiger partial charge in [0.25, 0.3) is 5.56 Å². The highest BCUT2D eigenvalue weighted by molar-refractivity contribution is 6.30. The number of hydrogen-bond acceptors (Lipinski definition) is 4. The van der Waals surface area contributed by atoms with Crippen LogP contribution in [0.25, 0.3) is 10.9 Å². The first kappa shape index (κ1) is 12.6. The number of aromatic nitrogens is 3. The Balaban J connectivity index is 1.86. The zero-order valence-corrected chi connectivity index (χ0v) is 11.1. The van der Waals surface area contributed by atoms with E-state index in [-0.39, 0.29) is 12.2 Å². The molecule has 3 aromatic rings. The fourth-order valence-electron chi connectivity index (χ4n) is 1.82. The van der Waals surface area contributed by atoms with Gasteiger partial charge < -0.3 is 9.72 Å². The molecule has 0 fully saturated rings. The molecule has 0 aliphatic rings. The molecular formula is C14H10ClN3O2. The summed E-state index contributed by atoms with van der Waals surface area (Å²) in [4.78, 5) is 22.8. The van der Waals surface area contributed by atoms with Crippen LogP contribution in [-0.4, -0.2) is 15.0 Å². The van der Waals surface area contributed by atoms with Crippen LogP contribution in [0.2, 0.25) is 5.02 Å². The molecule has 0 bridgehead atoms. The van der Waals surface area contributed by atoms with E-state index in [4.69, 9.17) is 16.3 Å². The Morgan fingerprint density at radius 1 is 1.30 bits per heavy atom. The second kappa shape index (κ2) is 5.30. The summed E-state index contributed by atoms with van der Waals surface area (Å²) < 4.78 is 5.54. The van der Waals surface area contributed by atoms with Gasteiger partial charge in [0.15, 0.2) is 0 Å². The van der Waals surface area contributed by atoms with Gasteiger partial charge >= 0.3 is 0 Å². The van der Waals surface area contributed by atoms with E-state index in [2.05, 4.69) is 15.0 Å². The van der Waals surface area contributed by atoms with E-state index in [0.29, 0.717) is 27.5 Å². The molecule has 0 spiro atoms. The lowest BCUT2D eigenvalue weighted by molar-refractivity contribution is 0.296. The summed E-state index contributed by atoms with van der Waals surface area (Å²) >= 11 is 5.87. The molecule has 1 aromatic carbocycles. The lowest BCUT2D eigenvalue weighted by atomic mass is 10.3. The lowest BCUT2D eigenvalue weighted by Crippen LogP contribution is -2.13. The Hall–Kier alpha value is -2.40. The van der Waals surface area contributed by atoms with Gasteiger partial charge in [-0.25, -0.2) is 4.98 Å². The first-order chi connectivity index (χ1) is 9.72. The third-order valence-electron chi connectivity index (χ3n) is 2.73. The van der Waals surface area contributed by atoms with Crippen LogP contribution >= 0.6 is 11.6 Å². The van der Waals surface area contributed by atoms with Gasteiger partial charge in [-0.3, -0.25) is 9.78 Å². The van der Waals surface area contributed by atoms with E-state index in [1.807, 2.05) is 0 Å². The summed E-state index contributed by atoms with van der Waals surface area (Å²) in [5.74, 6) is 1.06. The summed E-state index contributed by atoms with van der Waals surface area (Å²) in [7, 11) is 0. The Kier molecular flexibility index (Phi) is 3.35. The Morgan fingerprint density at radius 2 is 2.20 bits per heavy atom. The van der Waals surface area contributed by atoms with Crippen molar-refractivity contribution in [3.05, 3.63) is 63.9 Å². The van der Waals surface area contributed by atoms with Crippen molar-refractivity contribution < 1.29 is 4.74 Å². The molecule has 6 heteroatoms. The molecule has 0 aliphatic carbocycles. The standard InChI is InChI=1S/C14H10ClN3O2/c15-9-2-1-3-10(6-9)20-8-13-17-12-7-16-5-4-11(12)14(19)18-13/h1-7H,8H2,(H,17,18,19). The number of benzene rings is 1. The summed E-state index contributed by atoms with van der Waals surface area (Å²) in [6, 6.07) is 8.66. The normalized spacial score (nSPS) is 10.7. The van der Waals surface area contributed by atoms with Crippen LogP contribution in [0.4, 0.5) is 0 Å². The summed E-state index contributed by atoms with van der Waals surface area (Å²) in [6.07, 6.45) is 3.11. The average molecular weight is 288 g/mol. The van der Waals surface area contributed by atoms with Crippen molar-refractivity contribution in [2.45, 2.75) is 6.61 Å². The number of nitrogens with one attached hydrogen (secondary N) is 1. The molecular weight excluding hydrogens is 278 g/mol. The summed E-state index contributed by atoms with van der Waals surface area (Å²) in [6.45, 7) is 0.153. The maximum absolute atomic E-state index is 11.9. The van der Waals surface area contributed by atoms with E-state index in [0.717, 1.165) is 0 Å². The van der Waals surface area contributed by atoms with E-state index >= 15 is 0 Å². The smallest absolute Gasteiger partial charge is 0.258 e. The number of ether oxygens (including phenoxy) is 1. The Bertz CT molecular complexity index is 817. The number of nitrogens with zero attached hydrogens (tertiary/aromatic N) is 2. The third-order valence-corrected chi connectivity index (χ3v) is 2.96. The van der Waals surface area contributed by atoms with Crippen LogP contribution < -0.4 is 10.3 Å². The van der Waals surface area contributed by atoms with Crippen LogP contribution in [0.15, 0.2) is 47.5 Å². The predicted molar refractivity (Wildman–Crippen MR) is 75.9 cm³/mol. The highest BCUT2D eigenvalue weighted by Crippen LogP contribution is 2.17. The van der Waals surface area contributed by atoms with Gasteiger partial charge in [0.1, 0.15) is 18.2 Å². The molecule has 0 unspecified atom stereocenters. The molecule has 3 rings (SSSR count). The zero-order valence-electron chi connectivity index (χ0n) is 10.3. The van der Waals surface area contributed by atoms with Crippen LogP contribution in [0.1, 0.15) is 5.82 Å². The van der Waals surface area contributed by atoms with Crippen molar-refractivity contribution in [2.24, 2.45) is 0 Å². The van der Waals surface area contributed by atoms with Crippen LogP contribution in [0.3, 0.4) is 0 Å². The van der Waals surface area contributed by atoms with E-state index in [1.54, 1.807) is 42.7 Å². The van der Waals surface area contributed by atoms with Crippen LogP contribution in [0.5, 0.6) is 5.75 Å². The molecule has 0 saturated heterocycles. The summed E-state index contributed by atoms with van der Waals surface area (Å²) in [5, 5.41) is 1.10. The SMILES string of the molecule is O=c1[nH]c(COc2cccc(Cl)c2)nc2cnccc12. The number of aromatic amines is 1. The number of fused-ring (bicyclic) bond motifs is 1. The minimum atomic E-state index is -0.206. The van der Waals surface area contributed by atoms with Gasteiger partial charge in [-0.1, -0.05) is 17.7 Å². The van der Waals surface area contributed by atoms with Crippen molar-refractivity contribution >= 4 is 22.5 Å². The monoisotopic (exact) mass is 287 g/mol. The number of halogens is 1. The largest absolute Gasteiger partial charge is 0.486 e. The molecule has 100 valence electrons.